The highest BCUT2D eigenvalue weighted by atomic mass is 32.2. The van der Waals surface area contributed by atoms with E-state index in [0.717, 1.165) is 44.9 Å². The largest absolute Gasteiger partial charge is 0.354 e. The molecule has 0 spiro atoms. The van der Waals surface area contributed by atoms with Gasteiger partial charge in [0.15, 0.2) is 0 Å². The Labute approximate surface area is 150 Å². The molecule has 24 heavy (non-hydrogen) atoms. The average molecular weight is 348 g/mol. The van der Waals surface area contributed by atoms with Crippen LogP contribution in [0.5, 0.6) is 0 Å². The van der Waals surface area contributed by atoms with Crippen LogP contribution in [-0.2, 0) is 17.8 Å². The molecule has 0 atom stereocenters. The lowest BCUT2D eigenvalue weighted by Gasteiger charge is -2.28. The first-order valence-corrected chi connectivity index (χ1v) is 10.3. The molecule has 1 N–H and O–H groups in total. The normalized spacial score (nSPS) is 18.5. The van der Waals surface area contributed by atoms with Gasteiger partial charge in [-0.2, -0.15) is 11.8 Å². The maximum atomic E-state index is 11.9. The van der Waals surface area contributed by atoms with Gasteiger partial charge < -0.3 is 10.2 Å². The molecular weight excluding hydrogens is 318 g/mol. The SMILES string of the molecule is O=C(CSCCN1CCCC1)NCCN1CCc2ccccc2C1. The van der Waals surface area contributed by atoms with E-state index >= 15 is 0 Å². The summed E-state index contributed by atoms with van der Waals surface area (Å²) in [5.41, 5.74) is 2.92. The molecule has 132 valence electrons. The van der Waals surface area contributed by atoms with E-state index in [4.69, 9.17) is 0 Å². The number of rotatable bonds is 8. The van der Waals surface area contributed by atoms with Crippen molar-refractivity contribution in [1.29, 1.82) is 0 Å². The summed E-state index contributed by atoms with van der Waals surface area (Å²) in [5, 5.41) is 3.07. The molecule has 1 amide bonds. The summed E-state index contributed by atoms with van der Waals surface area (Å²) in [6.07, 6.45) is 3.80. The topological polar surface area (TPSA) is 35.6 Å². The van der Waals surface area contributed by atoms with Crippen molar-refractivity contribution in [2.24, 2.45) is 0 Å². The third kappa shape index (κ3) is 5.50. The summed E-state index contributed by atoms with van der Waals surface area (Å²) < 4.78 is 0. The van der Waals surface area contributed by atoms with E-state index in [1.165, 1.54) is 37.1 Å². The minimum absolute atomic E-state index is 0.179. The second kappa shape index (κ2) is 9.44. The van der Waals surface area contributed by atoms with Gasteiger partial charge in [0.2, 0.25) is 5.91 Å². The van der Waals surface area contributed by atoms with E-state index < -0.39 is 0 Å². The zero-order valence-electron chi connectivity index (χ0n) is 14.5. The van der Waals surface area contributed by atoms with E-state index in [1.54, 1.807) is 11.8 Å². The fourth-order valence-electron chi connectivity index (χ4n) is 3.51. The maximum absolute atomic E-state index is 11.9. The molecule has 5 heteroatoms. The summed E-state index contributed by atoms with van der Waals surface area (Å²) in [6.45, 7) is 7.42. The second-order valence-corrected chi connectivity index (χ2v) is 7.85. The van der Waals surface area contributed by atoms with Crippen molar-refractivity contribution in [1.82, 2.24) is 15.1 Å². The van der Waals surface area contributed by atoms with Gasteiger partial charge in [0.25, 0.3) is 0 Å². The molecule has 2 heterocycles. The maximum Gasteiger partial charge on any atom is 0.230 e. The van der Waals surface area contributed by atoms with Gasteiger partial charge in [0.1, 0.15) is 0 Å². The molecule has 2 aliphatic heterocycles. The Kier molecular flexibility index (Phi) is 6.99. The Hall–Kier alpha value is -1.04. The number of thioether (sulfide) groups is 1. The number of fused-ring (bicyclic) bond motifs is 1. The van der Waals surface area contributed by atoms with Gasteiger partial charge in [0.05, 0.1) is 5.75 Å². The van der Waals surface area contributed by atoms with Gasteiger partial charge in [-0.15, -0.1) is 0 Å². The fourth-order valence-corrected chi connectivity index (χ4v) is 4.33. The van der Waals surface area contributed by atoms with Crippen LogP contribution in [0, 0.1) is 0 Å². The molecule has 1 saturated heterocycles. The number of amides is 1. The van der Waals surface area contributed by atoms with Crippen molar-refractivity contribution < 1.29 is 4.79 Å². The van der Waals surface area contributed by atoms with Crippen LogP contribution in [0.4, 0.5) is 0 Å². The lowest BCUT2D eigenvalue weighted by molar-refractivity contribution is -0.118. The first-order valence-electron chi connectivity index (χ1n) is 9.17. The molecule has 0 unspecified atom stereocenters. The van der Waals surface area contributed by atoms with Gasteiger partial charge in [-0.3, -0.25) is 9.69 Å². The molecule has 2 aliphatic rings. The van der Waals surface area contributed by atoms with Gasteiger partial charge in [-0.25, -0.2) is 0 Å². The van der Waals surface area contributed by atoms with Crippen LogP contribution in [0.3, 0.4) is 0 Å². The fraction of sp³-hybridized carbons (Fsp3) is 0.632. The molecule has 0 saturated carbocycles. The number of hydrogen-bond acceptors (Lipinski definition) is 4. The lowest BCUT2D eigenvalue weighted by Crippen LogP contribution is -2.38. The Bertz CT molecular complexity index is 531. The molecule has 1 aromatic carbocycles. The van der Waals surface area contributed by atoms with Gasteiger partial charge in [-0.1, -0.05) is 24.3 Å². The van der Waals surface area contributed by atoms with Gasteiger partial charge >= 0.3 is 0 Å². The predicted molar refractivity (Wildman–Crippen MR) is 101 cm³/mol. The van der Waals surface area contributed by atoms with E-state index in [1.807, 2.05) is 0 Å². The monoisotopic (exact) mass is 347 g/mol. The second-order valence-electron chi connectivity index (χ2n) is 6.75. The highest BCUT2D eigenvalue weighted by Gasteiger charge is 2.15. The Balaban J connectivity index is 1.24. The molecule has 0 aromatic heterocycles. The van der Waals surface area contributed by atoms with Crippen LogP contribution in [0.1, 0.15) is 24.0 Å². The van der Waals surface area contributed by atoms with E-state index in [2.05, 4.69) is 39.4 Å². The highest BCUT2D eigenvalue weighted by molar-refractivity contribution is 7.99. The van der Waals surface area contributed by atoms with E-state index in [9.17, 15) is 4.79 Å². The number of carbonyl (C=O) groups excluding carboxylic acids is 1. The minimum atomic E-state index is 0.179. The minimum Gasteiger partial charge on any atom is -0.354 e. The summed E-state index contributed by atoms with van der Waals surface area (Å²) in [5.74, 6) is 1.84. The lowest BCUT2D eigenvalue weighted by atomic mass is 10.00. The van der Waals surface area contributed by atoms with Crippen molar-refractivity contribution in [3.05, 3.63) is 35.4 Å². The van der Waals surface area contributed by atoms with Crippen LogP contribution >= 0.6 is 11.8 Å². The molecule has 1 fully saturated rings. The third-order valence-electron chi connectivity index (χ3n) is 4.94. The Morgan fingerprint density at radius 2 is 1.83 bits per heavy atom. The van der Waals surface area contributed by atoms with Crippen LogP contribution in [0.25, 0.3) is 0 Å². The molecular formula is C19H29N3OS. The smallest absolute Gasteiger partial charge is 0.230 e. The van der Waals surface area contributed by atoms with Crippen LogP contribution in [-0.4, -0.2) is 66.5 Å². The number of nitrogens with zero attached hydrogens (tertiary/aromatic N) is 2. The first kappa shape index (κ1) is 17.8. The zero-order chi connectivity index (χ0) is 16.6. The molecule has 0 bridgehead atoms. The zero-order valence-corrected chi connectivity index (χ0v) is 15.3. The van der Waals surface area contributed by atoms with Crippen LogP contribution in [0.15, 0.2) is 24.3 Å². The summed E-state index contributed by atoms with van der Waals surface area (Å²) in [4.78, 5) is 16.8. The first-order chi connectivity index (χ1) is 11.8. The van der Waals surface area contributed by atoms with Crippen molar-refractivity contribution in [3.63, 3.8) is 0 Å². The van der Waals surface area contributed by atoms with Crippen molar-refractivity contribution >= 4 is 17.7 Å². The molecule has 3 rings (SSSR count). The molecule has 0 aliphatic carbocycles. The van der Waals surface area contributed by atoms with Gasteiger partial charge in [-0.05, 0) is 43.5 Å². The number of hydrogen-bond donors (Lipinski definition) is 1. The average Bonchev–Trinajstić information content (AvgIpc) is 3.12. The molecule has 4 nitrogen and oxygen atoms in total. The van der Waals surface area contributed by atoms with Crippen LogP contribution < -0.4 is 5.32 Å². The van der Waals surface area contributed by atoms with Crippen molar-refractivity contribution in [3.8, 4) is 0 Å². The third-order valence-corrected chi connectivity index (χ3v) is 5.88. The standard InChI is InChI=1S/C19H29N3OS/c23-19(16-24-14-13-21-9-3-4-10-21)20-8-12-22-11-7-17-5-1-2-6-18(17)15-22/h1-2,5-6H,3-4,7-16H2,(H,20,23). The summed E-state index contributed by atoms with van der Waals surface area (Å²) in [6, 6.07) is 8.69. The number of likely N-dealkylation sites (tertiary alicyclic amines) is 1. The summed E-state index contributed by atoms with van der Waals surface area (Å²) in [7, 11) is 0. The van der Waals surface area contributed by atoms with Crippen LogP contribution in [0.2, 0.25) is 0 Å². The van der Waals surface area contributed by atoms with Crippen molar-refractivity contribution in [2.75, 3.05) is 50.8 Å². The Morgan fingerprint density at radius 3 is 2.67 bits per heavy atom. The number of benzene rings is 1. The Morgan fingerprint density at radius 1 is 1.04 bits per heavy atom. The highest BCUT2D eigenvalue weighted by Crippen LogP contribution is 2.17. The predicted octanol–water partition coefficient (Wildman–Crippen LogP) is 1.99. The quantitative estimate of drug-likeness (QED) is 0.730. The van der Waals surface area contributed by atoms with E-state index in [0.29, 0.717) is 5.75 Å². The summed E-state index contributed by atoms with van der Waals surface area (Å²) >= 11 is 1.76. The number of nitrogens with one attached hydrogen (secondary N) is 1. The number of carbonyl (C=O) groups is 1. The molecule has 1 aromatic rings. The van der Waals surface area contributed by atoms with E-state index in [-0.39, 0.29) is 5.91 Å². The van der Waals surface area contributed by atoms with Crippen molar-refractivity contribution in [2.45, 2.75) is 25.8 Å². The molecule has 0 radical (unpaired) electrons. The van der Waals surface area contributed by atoms with Gasteiger partial charge in [0, 0.05) is 38.5 Å².